The van der Waals surface area contributed by atoms with E-state index in [0.29, 0.717) is 19.8 Å². The Morgan fingerprint density at radius 2 is 1.68 bits per heavy atom. The average molecular weight is 839 g/mol. The number of nitrogens with one attached hydrogen (secondary N) is 1. The lowest BCUT2D eigenvalue weighted by Gasteiger charge is -2.38. The Labute approximate surface area is 349 Å². The molecule has 2 aromatic carbocycles. The van der Waals surface area contributed by atoms with Crippen molar-refractivity contribution in [3.05, 3.63) is 53.3 Å². The number of aromatic hydroxyl groups is 2. The minimum atomic E-state index is -2.03. The molecule has 5 bridgehead atoms. The number of nitrogens with zero attached hydrogens (tertiary/aromatic N) is 1. The highest BCUT2D eigenvalue weighted by Crippen LogP contribution is 2.54. The van der Waals surface area contributed by atoms with Crippen molar-refractivity contribution in [2.75, 3.05) is 38.8 Å². The molecule has 4 aliphatic heterocycles. The number of carbonyl (C=O) groups excluding carboxylic acids is 4. The fraction of sp³-hybridized carbons (Fsp3) is 0.545. The summed E-state index contributed by atoms with van der Waals surface area (Å²) in [5.74, 6) is -8.10. The fourth-order valence-electron chi connectivity index (χ4n) is 8.07. The third-order valence-corrected chi connectivity index (χ3v) is 11.9. The Bertz CT molecular complexity index is 2080. The van der Waals surface area contributed by atoms with E-state index < -0.39 is 89.6 Å². The number of ketones is 1. The normalized spacial score (nSPS) is 32.4. The second kappa shape index (κ2) is 18.6. The number of fused-ring (bicyclic) bond motifs is 14. The molecule has 6 rings (SSSR count). The predicted octanol–water partition coefficient (Wildman–Crippen LogP) is 4.67. The van der Waals surface area contributed by atoms with E-state index in [1.54, 1.807) is 44.7 Å². The van der Waals surface area contributed by atoms with Gasteiger partial charge >= 0.3 is 11.8 Å². The number of rotatable bonds is 5. The molecule has 0 saturated carbocycles. The molecular formula is C44H58N2O14. The standard InChI is InChI=1S/C44H58N2O14/c1-21-12-11-13-22(2)43(54)45-29-18-31(57-20-32(48)46-15-17-56-19-23(46)3)33-34(39(29)52)38(51)27(7)41-35(33)42(53)44(9,60-41)58-16-14-30(55-10)24(4)40(59-28(8)47)26(6)37(50)25(5)36(21)49/h11-14,16,18,21,23-26,30,36-37,40,49-52H,15,17,19-20H2,1-10H3,(H,45,54)/b12-11+,16-14+,22-13+. The molecule has 2 amide bonds. The van der Waals surface area contributed by atoms with Crippen LogP contribution in [-0.4, -0.2) is 119 Å². The molecule has 4 aliphatic rings. The van der Waals surface area contributed by atoms with Crippen molar-refractivity contribution in [3.8, 4) is 23.0 Å². The number of aliphatic hydroxyl groups excluding tert-OH is 2. The first kappa shape index (κ1) is 45.9. The molecule has 0 aliphatic carbocycles. The van der Waals surface area contributed by atoms with Crippen LogP contribution in [0, 0.1) is 30.6 Å². The average Bonchev–Trinajstić information content (AvgIpc) is 3.48. The van der Waals surface area contributed by atoms with Crippen LogP contribution in [0.2, 0.25) is 0 Å². The quantitative estimate of drug-likeness (QED) is 0.204. The fourth-order valence-corrected chi connectivity index (χ4v) is 8.07. The summed E-state index contributed by atoms with van der Waals surface area (Å²) < 4.78 is 35.3. The molecule has 10 atom stereocenters. The van der Waals surface area contributed by atoms with Gasteiger partial charge in [0.15, 0.2) is 12.4 Å². The Morgan fingerprint density at radius 3 is 2.33 bits per heavy atom. The van der Waals surface area contributed by atoms with E-state index in [1.807, 2.05) is 6.92 Å². The summed E-state index contributed by atoms with van der Waals surface area (Å²) in [7, 11) is 1.44. The third kappa shape index (κ3) is 9.11. The minimum absolute atomic E-state index is 0.0638. The van der Waals surface area contributed by atoms with Crippen LogP contribution in [0.3, 0.4) is 0 Å². The van der Waals surface area contributed by atoms with Crippen molar-refractivity contribution >= 4 is 40.0 Å². The van der Waals surface area contributed by atoms with Gasteiger partial charge in [-0.25, -0.2) is 0 Å². The molecule has 60 heavy (non-hydrogen) atoms. The second-order valence-electron chi connectivity index (χ2n) is 16.2. The van der Waals surface area contributed by atoms with Crippen molar-refractivity contribution < 1.29 is 68.0 Å². The van der Waals surface area contributed by atoms with E-state index in [1.165, 1.54) is 59.3 Å². The Hall–Kier alpha value is -5.16. The third-order valence-electron chi connectivity index (χ3n) is 11.9. The molecule has 16 nitrogen and oxygen atoms in total. The predicted molar refractivity (Wildman–Crippen MR) is 220 cm³/mol. The maximum absolute atomic E-state index is 14.5. The minimum Gasteiger partial charge on any atom is -0.507 e. The maximum Gasteiger partial charge on any atom is 0.312 e. The van der Waals surface area contributed by atoms with E-state index in [0.717, 1.165) is 0 Å². The van der Waals surface area contributed by atoms with Crippen LogP contribution in [0.15, 0.2) is 42.2 Å². The van der Waals surface area contributed by atoms with E-state index in [-0.39, 0.29) is 56.6 Å². The summed E-state index contributed by atoms with van der Waals surface area (Å²) in [5.41, 5.74) is -0.0340. The number of anilines is 1. The molecule has 2 aromatic rings. The van der Waals surface area contributed by atoms with Crippen LogP contribution in [0.5, 0.6) is 23.0 Å². The highest BCUT2D eigenvalue weighted by Gasteiger charge is 2.50. The highest BCUT2D eigenvalue weighted by molar-refractivity contribution is 6.21. The number of esters is 1. The molecule has 16 heteroatoms. The van der Waals surface area contributed by atoms with Crippen LogP contribution in [0.1, 0.15) is 71.3 Å². The van der Waals surface area contributed by atoms with Crippen molar-refractivity contribution in [2.24, 2.45) is 23.7 Å². The van der Waals surface area contributed by atoms with Gasteiger partial charge in [-0.15, -0.1) is 0 Å². The largest absolute Gasteiger partial charge is 0.507 e. The SMILES string of the molecule is COC1/C=C/OC2(C)Oc3c(C)c(O)c4c(O)c(cc(OCC(=O)N5CCOCC5C)c4c3C2=O)NC(=O)/C(C)=C/C=C/C(C)C(O)C(C)C(O)C(C)C(OC(C)=O)C1C. The summed E-state index contributed by atoms with van der Waals surface area (Å²) in [6.45, 7) is 14.9. The lowest BCUT2D eigenvalue weighted by atomic mass is 9.78. The molecule has 10 unspecified atom stereocenters. The van der Waals surface area contributed by atoms with Crippen LogP contribution in [0.25, 0.3) is 10.8 Å². The number of Topliss-reactive ketones (excluding diaryl/α,β-unsaturated/α-hetero) is 1. The van der Waals surface area contributed by atoms with E-state index >= 15 is 0 Å². The Balaban J connectivity index is 1.66. The van der Waals surface area contributed by atoms with Crippen LogP contribution < -0.4 is 14.8 Å². The maximum atomic E-state index is 14.5. The van der Waals surface area contributed by atoms with Gasteiger partial charge in [-0.2, -0.15) is 0 Å². The summed E-state index contributed by atoms with van der Waals surface area (Å²) in [4.78, 5) is 55.5. The molecule has 1 fully saturated rings. The zero-order valence-electron chi connectivity index (χ0n) is 35.8. The van der Waals surface area contributed by atoms with Crippen molar-refractivity contribution in [2.45, 2.75) is 98.6 Å². The number of phenols is 2. The van der Waals surface area contributed by atoms with Crippen molar-refractivity contribution in [3.63, 3.8) is 0 Å². The van der Waals surface area contributed by atoms with Crippen LogP contribution in [-0.2, 0) is 33.3 Å². The second-order valence-corrected chi connectivity index (χ2v) is 16.2. The van der Waals surface area contributed by atoms with E-state index in [2.05, 4.69) is 5.32 Å². The van der Waals surface area contributed by atoms with Crippen molar-refractivity contribution in [1.82, 2.24) is 4.90 Å². The monoisotopic (exact) mass is 838 g/mol. The van der Waals surface area contributed by atoms with Gasteiger partial charge in [0, 0.05) is 73.8 Å². The van der Waals surface area contributed by atoms with Gasteiger partial charge in [0.2, 0.25) is 0 Å². The number of aliphatic hydroxyl groups is 2. The molecule has 1 saturated heterocycles. The van der Waals surface area contributed by atoms with Gasteiger partial charge in [0.1, 0.15) is 23.4 Å². The molecule has 0 spiro atoms. The topological polar surface area (TPSA) is 220 Å². The number of hydrogen-bond donors (Lipinski definition) is 5. The first-order valence-electron chi connectivity index (χ1n) is 20.1. The summed E-state index contributed by atoms with van der Waals surface area (Å²) in [6, 6.07) is 1.03. The Kier molecular flexibility index (Phi) is 14.3. The molecule has 0 radical (unpaired) electrons. The summed E-state index contributed by atoms with van der Waals surface area (Å²) >= 11 is 0. The lowest BCUT2D eigenvalue weighted by Crippen LogP contribution is -2.48. The first-order valence-corrected chi connectivity index (χ1v) is 20.1. The Morgan fingerprint density at radius 1 is 0.983 bits per heavy atom. The number of allylic oxidation sites excluding steroid dienone is 2. The first-order chi connectivity index (χ1) is 28.2. The lowest BCUT2D eigenvalue weighted by molar-refractivity contribution is -0.160. The zero-order chi connectivity index (χ0) is 44.4. The molecule has 0 aromatic heterocycles. The zero-order valence-corrected chi connectivity index (χ0v) is 35.8. The number of ether oxygens (including phenoxy) is 6. The molecule has 328 valence electrons. The number of methoxy groups -OCH3 is 1. The van der Waals surface area contributed by atoms with Crippen LogP contribution in [0.4, 0.5) is 5.69 Å². The van der Waals surface area contributed by atoms with Crippen LogP contribution >= 0.6 is 0 Å². The van der Waals surface area contributed by atoms with Crippen molar-refractivity contribution in [1.29, 1.82) is 0 Å². The molecule has 4 heterocycles. The number of hydrogen-bond acceptors (Lipinski definition) is 14. The molecular weight excluding hydrogens is 780 g/mol. The van der Waals surface area contributed by atoms with Gasteiger partial charge in [0.05, 0.1) is 60.5 Å². The number of morpholine rings is 1. The van der Waals surface area contributed by atoms with E-state index in [9.17, 15) is 39.6 Å². The van der Waals surface area contributed by atoms with Gasteiger partial charge < -0.3 is 59.1 Å². The highest BCUT2D eigenvalue weighted by atomic mass is 16.7. The van der Waals surface area contributed by atoms with Gasteiger partial charge in [-0.3, -0.25) is 19.2 Å². The smallest absolute Gasteiger partial charge is 0.312 e. The van der Waals surface area contributed by atoms with Gasteiger partial charge in [-0.1, -0.05) is 45.9 Å². The number of phenolic OH excluding ortho intramolecular Hbond substituents is 2. The van der Waals surface area contributed by atoms with Gasteiger partial charge in [0.25, 0.3) is 17.6 Å². The molecule has 5 N–H and O–H groups in total. The van der Waals surface area contributed by atoms with E-state index in [4.69, 9.17) is 28.4 Å². The number of carbonyl (C=O) groups is 4. The number of benzene rings is 2. The number of amides is 2. The van der Waals surface area contributed by atoms with Gasteiger partial charge in [-0.05, 0) is 26.8 Å². The summed E-state index contributed by atoms with van der Waals surface area (Å²) in [6.07, 6.45) is 3.57. The summed E-state index contributed by atoms with van der Waals surface area (Å²) in [5, 5.41) is 48.5.